The maximum Gasteiger partial charge on any atom is 0.290 e. The van der Waals surface area contributed by atoms with Crippen LogP contribution in [0.15, 0.2) is 34.9 Å². The molecule has 0 spiro atoms. The number of rotatable bonds is 5. The first-order valence-corrected chi connectivity index (χ1v) is 8.54. The van der Waals surface area contributed by atoms with E-state index in [2.05, 4.69) is 15.8 Å². The molecule has 1 saturated heterocycles. The SMILES string of the molecule is O=C1CN(c2ccc(CNC(=O)c3cc(C4CC4)no3)cc2)CCN1. The molecule has 1 aromatic heterocycles. The van der Waals surface area contributed by atoms with E-state index in [1.165, 1.54) is 0 Å². The quantitative estimate of drug-likeness (QED) is 0.859. The average Bonchev–Trinajstić information content (AvgIpc) is 3.37. The normalized spacial score (nSPS) is 17.3. The molecule has 2 aromatic rings. The zero-order valence-corrected chi connectivity index (χ0v) is 13.8. The molecular weight excluding hydrogens is 320 g/mol. The number of hydrogen-bond acceptors (Lipinski definition) is 5. The van der Waals surface area contributed by atoms with Crippen molar-refractivity contribution < 1.29 is 14.1 Å². The highest BCUT2D eigenvalue weighted by Gasteiger charge is 2.28. The molecule has 1 aromatic carbocycles. The van der Waals surface area contributed by atoms with Crippen LogP contribution in [0.5, 0.6) is 0 Å². The van der Waals surface area contributed by atoms with Crippen molar-refractivity contribution in [2.45, 2.75) is 25.3 Å². The second-order valence-electron chi connectivity index (χ2n) is 6.51. The molecule has 130 valence electrons. The van der Waals surface area contributed by atoms with Crippen LogP contribution in [0, 0.1) is 0 Å². The molecule has 2 N–H and O–H groups in total. The molecule has 0 bridgehead atoms. The van der Waals surface area contributed by atoms with Crippen LogP contribution in [-0.4, -0.2) is 36.6 Å². The smallest absolute Gasteiger partial charge is 0.290 e. The van der Waals surface area contributed by atoms with Crippen molar-refractivity contribution in [3.63, 3.8) is 0 Å². The standard InChI is InChI=1S/C18H20N4O3/c23-17-11-22(8-7-19-17)14-5-1-12(2-6-14)10-20-18(24)16-9-15(21-25-16)13-3-4-13/h1-2,5-6,9,13H,3-4,7-8,10-11H2,(H,19,23)(H,20,24). The predicted octanol–water partition coefficient (Wildman–Crippen LogP) is 1.42. The Labute approximate surface area is 145 Å². The van der Waals surface area contributed by atoms with Gasteiger partial charge in [0, 0.05) is 37.3 Å². The van der Waals surface area contributed by atoms with Crippen molar-refractivity contribution in [2.24, 2.45) is 0 Å². The van der Waals surface area contributed by atoms with E-state index in [0.29, 0.717) is 25.6 Å². The Morgan fingerprint density at radius 3 is 2.84 bits per heavy atom. The number of piperazine rings is 1. The van der Waals surface area contributed by atoms with Gasteiger partial charge in [-0.3, -0.25) is 9.59 Å². The van der Waals surface area contributed by atoms with E-state index < -0.39 is 0 Å². The predicted molar refractivity (Wildman–Crippen MR) is 91.3 cm³/mol. The molecule has 7 nitrogen and oxygen atoms in total. The Morgan fingerprint density at radius 2 is 2.12 bits per heavy atom. The third-order valence-corrected chi connectivity index (χ3v) is 4.54. The van der Waals surface area contributed by atoms with Crippen LogP contribution in [0.4, 0.5) is 5.69 Å². The van der Waals surface area contributed by atoms with Crippen LogP contribution in [0.2, 0.25) is 0 Å². The first kappa shape index (κ1) is 15.7. The number of benzene rings is 1. The average molecular weight is 340 g/mol. The van der Waals surface area contributed by atoms with Gasteiger partial charge in [-0.2, -0.15) is 0 Å². The Kier molecular flexibility index (Phi) is 4.13. The van der Waals surface area contributed by atoms with E-state index in [1.54, 1.807) is 6.07 Å². The van der Waals surface area contributed by atoms with E-state index in [4.69, 9.17) is 4.52 Å². The number of nitrogens with one attached hydrogen (secondary N) is 2. The zero-order chi connectivity index (χ0) is 17.2. The molecule has 1 aliphatic heterocycles. The first-order valence-electron chi connectivity index (χ1n) is 8.54. The van der Waals surface area contributed by atoms with Crippen molar-refractivity contribution in [1.29, 1.82) is 0 Å². The van der Waals surface area contributed by atoms with Gasteiger partial charge in [-0.1, -0.05) is 17.3 Å². The number of aromatic nitrogens is 1. The van der Waals surface area contributed by atoms with Gasteiger partial charge in [0.2, 0.25) is 11.7 Å². The van der Waals surface area contributed by atoms with Gasteiger partial charge in [-0.25, -0.2) is 0 Å². The maximum atomic E-state index is 12.1. The number of anilines is 1. The highest BCUT2D eigenvalue weighted by atomic mass is 16.5. The van der Waals surface area contributed by atoms with Gasteiger partial charge in [-0.15, -0.1) is 0 Å². The summed E-state index contributed by atoms with van der Waals surface area (Å²) in [5, 5.41) is 9.61. The van der Waals surface area contributed by atoms with E-state index in [0.717, 1.165) is 36.3 Å². The summed E-state index contributed by atoms with van der Waals surface area (Å²) in [4.78, 5) is 25.6. The Hall–Kier alpha value is -2.83. The fourth-order valence-electron chi connectivity index (χ4n) is 2.92. The van der Waals surface area contributed by atoms with Gasteiger partial charge in [0.1, 0.15) is 0 Å². The molecule has 1 aliphatic carbocycles. The summed E-state index contributed by atoms with van der Waals surface area (Å²) in [6.07, 6.45) is 2.25. The van der Waals surface area contributed by atoms with Crippen LogP contribution in [0.25, 0.3) is 0 Å². The molecule has 0 radical (unpaired) electrons. The zero-order valence-electron chi connectivity index (χ0n) is 13.8. The molecule has 2 heterocycles. The molecule has 2 amide bonds. The molecule has 7 heteroatoms. The van der Waals surface area contributed by atoms with Gasteiger partial charge in [-0.05, 0) is 30.5 Å². The Morgan fingerprint density at radius 1 is 1.32 bits per heavy atom. The second kappa shape index (κ2) is 6.58. The lowest BCUT2D eigenvalue weighted by Gasteiger charge is -2.28. The molecule has 2 fully saturated rings. The second-order valence-corrected chi connectivity index (χ2v) is 6.51. The number of nitrogens with zero attached hydrogens (tertiary/aromatic N) is 2. The molecule has 1 saturated carbocycles. The minimum absolute atomic E-state index is 0.0419. The van der Waals surface area contributed by atoms with Crippen molar-refractivity contribution in [1.82, 2.24) is 15.8 Å². The van der Waals surface area contributed by atoms with Crippen LogP contribution in [0.1, 0.15) is 40.6 Å². The van der Waals surface area contributed by atoms with Crippen LogP contribution in [0.3, 0.4) is 0 Å². The van der Waals surface area contributed by atoms with Crippen LogP contribution < -0.4 is 15.5 Å². The van der Waals surface area contributed by atoms with E-state index in [9.17, 15) is 9.59 Å². The Balaban J connectivity index is 1.32. The number of amides is 2. The van der Waals surface area contributed by atoms with E-state index in [1.807, 2.05) is 29.2 Å². The van der Waals surface area contributed by atoms with Crippen LogP contribution >= 0.6 is 0 Å². The fourth-order valence-corrected chi connectivity index (χ4v) is 2.92. The molecule has 0 atom stereocenters. The van der Waals surface area contributed by atoms with E-state index in [-0.39, 0.29) is 17.6 Å². The minimum Gasteiger partial charge on any atom is -0.360 e. The lowest BCUT2D eigenvalue weighted by molar-refractivity contribution is -0.120. The molecule has 4 rings (SSSR count). The number of carbonyl (C=O) groups excluding carboxylic acids is 2. The third kappa shape index (κ3) is 3.65. The van der Waals surface area contributed by atoms with Gasteiger partial charge in [0.05, 0.1) is 12.2 Å². The van der Waals surface area contributed by atoms with Crippen molar-refractivity contribution in [3.05, 3.63) is 47.3 Å². The lowest BCUT2D eigenvalue weighted by Crippen LogP contribution is -2.47. The summed E-state index contributed by atoms with van der Waals surface area (Å²) in [5.41, 5.74) is 2.87. The molecule has 25 heavy (non-hydrogen) atoms. The van der Waals surface area contributed by atoms with Crippen molar-refractivity contribution in [2.75, 3.05) is 24.5 Å². The van der Waals surface area contributed by atoms with Crippen molar-refractivity contribution in [3.8, 4) is 0 Å². The topological polar surface area (TPSA) is 87.5 Å². The number of hydrogen-bond donors (Lipinski definition) is 2. The summed E-state index contributed by atoms with van der Waals surface area (Å²) < 4.78 is 5.12. The molecular formula is C18H20N4O3. The summed E-state index contributed by atoms with van der Waals surface area (Å²) in [6.45, 7) is 2.26. The highest BCUT2D eigenvalue weighted by Crippen LogP contribution is 2.39. The summed E-state index contributed by atoms with van der Waals surface area (Å²) in [5.74, 6) is 0.518. The largest absolute Gasteiger partial charge is 0.360 e. The summed E-state index contributed by atoms with van der Waals surface area (Å²) >= 11 is 0. The van der Waals surface area contributed by atoms with Crippen LogP contribution in [-0.2, 0) is 11.3 Å². The fraction of sp³-hybridized carbons (Fsp3) is 0.389. The minimum atomic E-state index is -0.254. The first-order chi connectivity index (χ1) is 12.2. The van der Waals surface area contributed by atoms with Gasteiger partial charge < -0.3 is 20.1 Å². The summed E-state index contributed by atoms with van der Waals surface area (Å²) in [6, 6.07) is 9.59. The van der Waals surface area contributed by atoms with E-state index >= 15 is 0 Å². The third-order valence-electron chi connectivity index (χ3n) is 4.54. The lowest BCUT2D eigenvalue weighted by atomic mass is 10.1. The highest BCUT2D eigenvalue weighted by molar-refractivity contribution is 5.91. The number of carbonyl (C=O) groups is 2. The van der Waals surface area contributed by atoms with Gasteiger partial charge in [0.15, 0.2) is 0 Å². The van der Waals surface area contributed by atoms with Gasteiger partial charge >= 0.3 is 0 Å². The monoisotopic (exact) mass is 340 g/mol. The summed E-state index contributed by atoms with van der Waals surface area (Å²) in [7, 11) is 0. The van der Waals surface area contributed by atoms with Crippen molar-refractivity contribution >= 4 is 17.5 Å². The van der Waals surface area contributed by atoms with Gasteiger partial charge in [0.25, 0.3) is 5.91 Å². The molecule has 2 aliphatic rings. The molecule has 0 unspecified atom stereocenters. The Bertz CT molecular complexity index is 780. The maximum absolute atomic E-state index is 12.1.